The van der Waals surface area contributed by atoms with Crippen LogP contribution < -0.4 is 0 Å². The number of aliphatic carboxylic acids is 1. The molecule has 2 aromatic rings. The topological polar surface area (TPSA) is 71.4 Å². The third kappa shape index (κ3) is 3.57. The van der Waals surface area contributed by atoms with E-state index in [2.05, 4.69) is 0 Å². The number of benzene rings is 2. The van der Waals surface area contributed by atoms with Crippen molar-refractivity contribution in [3.63, 3.8) is 0 Å². The Kier molecular flexibility index (Phi) is 4.78. The molecule has 6 heteroatoms. The Morgan fingerprint density at radius 2 is 1.74 bits per heavy atom. The van der Waals surface area contributed by atoms with E-state index < -0.39 is 27.5 Å². The Balaban J connectivity index is 2.15. The molecule has 27 heavy (non-hydrogen) atoms. The second kappa shape index (κ2) is 6.78. The summed E-state index contributed by atoms with van der Waals surface area (Å²) in [6.45, 7) is 3.41. The van der Waals surface area contributed by atoms with Crippen molar-refractivity contribution in [1.82, 2.24) is 0 Å². The summed E-state index contributed by atoms with van der Waals surface area (Å²) in [5.41, 5.74) is 4.30. The van der Waals surface area contributed by atoms with Crippen LogP contribution in [-0.2, 0) is 14.6 Å². The molecule has 2 aromatic carbocycles. The number of hydrogen-bond acceptors (Lipinski definition) is 3. The fourth-order valence-electron chi connectivity index (χ4n) is 3.37. The van der Waals surface area contributed by atoms with E-state index in [0.29, 0.717) is 11.1 Å². The number of sulfone groups is 1. The average Bonchev–Trinajstić information content (AvgIpc) is 2.85. The second-order valence-corrected chi connectivity index (χ2v) is 8.70. The molecule has 0 bridgehead atoms. The predicted octanol–water partition coefficient (Wildman–Crippen LogP) is 4.28. The van der Waals surface area contributed by atoms with Gasteiger partial charge in [-0.05, 0) is 77.6 Å². The van der Waals surface area contributed by atoms with Gasteiger partial charge in [-0.3, -0.25) is 4.79 Å². The Morgan fingerprint density at radius 1 is 1.11 bits per heavy atom. The first-order chi connectivity index (χ1) is 12.6. The van der Waals surface area contributed by atoms with Gasteiger partial charge in [-0.2, -0.15) is 0 Å². The minimum atomic E-state index is -3.28. The highest BCUT2D eigenvalue weighted by Gasteiger charge is 2.30. The Hall–Kier alpha value is -2.73. The summed E-state index contributed by atoms with van der Waals surface area (Å²) in [7, 11) is -3.28. The van der Waals surface area contributed by atoms with Gasteiger partial charge < -0.3 is 5.11 Å². The molecule has 1 atom stereocenters. The Labute approximate surface area is 157 Å². The van der Waals surface area contributed by atoms with Crippen molar-refractivity contribution in [2.45, 2.75) is 18.7 Å². The van der Waals surface area contributed by atoms with Crippen LogP contribution in [0.25, 0.3) is 17.2 Å². The van der Waals surface area contributed by atoms with Crippen molar-refractivity contribution in [3.05, 3.63) is 70.5 Å². The molecule has 0 heterocycles. The summed E-state index contributed by atoms with van der Waals surface area (Å²) in [4.78, 5) is 11.7. The maximum Gasteiger partial charge on any atom is 0.310 e. The zero-order valence-electron chi connectivity index (χ0n) is 15.2. The lowest BCUT2D eigenvalue weighted by molar-refractivity contribution is -0.139. The van der Waals surface area contributed by atoms with Gasteiger partial charge in [0.2, 0.25) is 0 Å². The molecule has 0 fully saturated rings. The lowest BCUT2D eigenvalue weighted by Crippen LogP contribution is -2.11. The van der Waals surface area contributed by atoms with E-state index in [1.807, 2.05) is 13.0 Å². The van der Waals surface area contributed by atoms with Crippen molar-refractivity contribution >= 4 is 33.0 Å². The molecule has 0 amide bonds. The van der Waals surface area contributed by atoms with Crippen molar-refractivity contribution in [2.75, 3.05) is 6.26 Å². The van der Waals surface area contributed by atoms with Crippen molar-refractivity contribution in [2.24, 2.45) is 5.92 Å². The average molecular weight is 386 g/mol. The van der Waals surface area contributed by atoms with Gasteiger partial charge in [-0.15, -0.1) is 0 Å². The number of carboxylic acids is 1. The van der Waals surface area contributed by atoms with E-state index in [1.54, 1.807) is 25.1 Å². The Bertz CT molecular complexity index is 1090. The molecule has 1 aliphatic rings. The monoisotopic (exact) mass is 386 g/mol. The highest BCUT2D eigenvalue weighted by Crippen LogP contribution is 2.45. The number of hydrogen-bond donors (Lipinski definition) is 1. The highest BCUT2D eigenvalue weighted by molar-refractivity contribution is 7.90. The van der Waals surface area contributed by atoms with E-state index in [1.165, 1.54) is 24.3 Å². The number of fused-ring (bicyclic) bond motifs is 1. The first-order valence-corrected chi connectivity index (χ1v) is 10.2. The van der Waals surface area contributed by atoms with Gasteiger partial charge in [0.05, 0.1) is 10.8 Å². The van der Waals surface area contributed by atoms with E-state index >= 15 is 0 Å². The summed E-state index contributed by atoms with van der Waals surface area (Å²) in [6, 6.07) is 10.8. The molecule has 0 radical (unpaired) electrons. The molecule has 0 spiro atoms. The molecule has 140 valence electrons. The smallest absolute Gasteiger partial charge is 0.310 e. The van der Waals surface area contributed by atoms with Crippen LogP contribution in [0.2, 0.25) is 0 Å². The fraction of sp³-hybridized carbons (Fsp3) is 0.190. The quantitative estimate of drug-likeness (QED) is 0.851. The predicted molar refractivity (Wildman–Crippen MR) is 103 cm³/mol. The van der Waals surface area contributed by atoms with Crippen molar-refractivity contribution in [1.29, 1.82) is 0 Å². The molecule has 0 aromatic heterocycles. The highest BCUT2D eigenvalue weighted by atomic mass is 32.2. The lowest BCUT2D eigenvalue weighted by Gasteiger charge is -2.11. The van der Waals surface area contributed by atoms with Gasteiger partial charge >= 0.3 is 5.97 Å². The zero-order valence-corrected chi connectivity index (χ0v) is 16.0. The lowest BCUT2D eigenvalue weighted by atomic mass is 9.94. The van der Waals surface area contributed by atoms with Crippen LogP contribution in [0.15, 0.2) is 52.9 Å². The normalized spacial score (nSPS) is 16.5. The van der Waals surface area contributed by atoms with Crippen LogP contribution in [-0.4, -0.2) is 25.7 Å². The number of allylic oxidation sites excluding steroid dienone is 2. The maximum absolute atomic E-state index is 13.8. The van der Waals surface area contributed by atoms with Gasteiger partial charge in [0.25, 0.3) is 0 Å². The first kappa shape index (κ1) is 19.0. The number of carbonyl (C=O) groups is 1. The molecule has 0 aliphatic heterocycles. The minimum absolute atomic E-state index is 0.228. The first-order valence-electron chi connectivity index (χ1n) is 8.35. The van der Waals surface area contributed by atoms with Gasteiger partial charge in [0, 0.05) is 6.26 Å². The zero-order chi connectivity index (χ0) is 19.9. The van der Waals surface area contributed by atoms with Crippen LogP contribution in [0.1, 0.15) is 30.5 Å². The molecule has 3 rings (SSSR count). The van der Waals surface area contributed by atoms with Crippen molar-refractivity contribution < 1.29 is 22.7 Å². The fourth-order valence-corrected chi connectivity index (χ4v) is 4.00. The molecule has 1 aliphatic carbocycles. The molecule has 1 N–H and O–H groups in total. The van der Waals surface area contributed by atoms with E-state index in [4.69, 9.17) is 0 Å². The SMILES string of the molecule is CC1=C(C(C)C(=O)O)c2cc(F)ccc2C1=Cc1ccc(S(C)(=O)=O)cc1. The molecule has 0 saturated carbocycles. The third-order valence-electron chi connectivity index (χ3n) is 4.79. The largest absolute Gasteiger partial charge is 0.481 e. The Morgan fingerprint density at radius 3 is 2.30 bits per heavy atom. The molecular weight excluding hydrogens is 367 g/mol. The summed E-state index contributed by atoms with van der Waals surface area (Å²) in [5.74, 6) is -2.17. The van der Waals surface area contributed by atoms with Gasteiger partial charge in [-0.25, -0.2) is 12.8 Å². The van der Waals surface area contributed by atoms with Crippen LogP contribution >= 0.6 is 0 Å². The van der Waals surface area contributed by atoms with Gasteiger partial charge in [-0.1, -0.05) is 18.2 Å². The summed E-state index contributed by atoms with van der Waals surface area (Å²) < 4.78 is 37.0. The minimum Gasteiger partial charge on any atom is -0.481 e. The van der Waals surface area contributed by atoms with Gasteiger partial charge in [0.15, 0.2) is 9.84 Å². The van der Waals surface area contributed by atoms with E-state index in [-0.39, 0.29) is 4.90 Å². The molecule has 0 saturated heterocycles. The van der Waals surface area contributed by atoms with Crippen LogP contribution in [0.3, 0.4) is 0 Å². The molecule has 4 nitrogen and oxygen atoms in total. The summed E-state index contributed by atoms with van der Waals surface area (Å²) >= 11 is 0. The standard InChI is InChI=1S/C21H19FO4S/c1-12-18(10-14-4-7-16(8-5-14)27(3,25)26)17-9-6-15(22)11-19(17)20(12)13(2)21(23)24/h4-11,13H,1-3H3,(H,23,24). The van der Waals surface area contributed by atoms with Crippen LogP contribution in [0, 0.1) is 11.7 Å². The van der Waals surface area contributed by atoms with Gasteiger partial charge in [0.1, 0.15) is 5.82 Å². The molecule has 1 unspecified atom stereocenters. The third-order valence-corrected chi connectivity index (χ3v) is 5.92. The number of halogens is 1. The second-order valence-electron chi connectivity index (χ2n) is 6.69. The number of rotatable bonds is 4. The maximum atomic E-state index is 13.8. The van der Waals surface area contributed by atoms with E-state index in [0.717, 1.165) is 28.5 Å². The van der Waals surface area contributed by atoms with Crippen LogP contribution in [0.4, 0.5) is 4.39 Å². The van der Waals surface area contributed by atoms with E-state index in [9.17, 15) is 22.7 Å². The van der Waals surface area contributed by atoms with Crippen LogP contribution in [0.5, 0.6) is 0 Å². The summed E-state index contributed by atoms with van der Waals surface area (Å²) in [6.07, 6.45) is 3.01. The number of carboxylic acid groups (broad SMARTS) is 1. The summed E-state index contributed by atoms with van der Waals surface area (Å²) in [5, 5.41) is 9.43. The molecular formula is C21H19FO4S. The van der Waals surface area contributed by atoms with Crippen molar-refractivity contribution in [3.8, 4) is 0 Å².